The van der Waals surface area contributed by atoms with Crippen LogP contribution >= 0.6 is 0 Å². The largest absolute Gasteiger partial charge is 0.399 e. The number of anilines is 1. The van der Waals surface area contributed by atoms with E-state index >= 15 is 0 Å². The molecule has 0 amide bonds. The predicted octanol–water partition coefficient (Wildman–Crippen LogP) is 1.39. The van der Waals surface area contributed by atoms with Crippen molar-refractivity contribution in [3.8, 4) is 0 Å². The maximum absolute atomic E-state index is 13.6. The summed E-state index contributed by atoms with van der Waals surface area (Å²) in [6.45, 7) is -0.0188. The van der Waals surface area contributed by atoms with Crippen molar-refractivity contribution in [2.45, 2.75) is 29.8 Å². The first kappa shape index (κ1) is 15.1. The van der Waals surface area contributed by atoms with Gasteiger partial charge in [0.25, 0.3) is 0 Å². The van der Waals surface area contributed by atoms with Gasteiger partial charge in [-0.3, -0.25) is 0 Å². The normalized spacial score (nSPS) is 17.8. The zero-order valence-corrected chi connectivity index (χ0v) is 11.8. The zero-order chi connectivity index (χ0) is 15.0. The molecule has 20 heavy (non-hydrogen) atoms. The maximum atomic E-state index is 13.6. The molecule has 0 saturated heterocycles. The van der Waals surface area contributed by atoms with Gasteiger partial charge < -0.3 is 10.5 Å². The van der Waals surface area contributed by atoms with Gasteiger partial charge in [-0.2, -0.15) is 0 Å². The Hall–Kier alpha value is -1.25. The average Bonchev–Trinajstić information content (AvgIpc) is 2.25. The lowest BCUT2D eigenvalue weighted by Crippen LogP contribution is -2.49. The van der Waals surface area contributed by atoms with Crippen molar-refractivity contribution < 1.29 is 21.9 Å². The number of halogens is 2. The molecule has 0 unspecified atom stereocenters. The van der Waals surface area contributed by atoms with Crippen molar-refractivity contribution in [1.82, 2.24) is 4.72 Å². The number of nitrogens with one attached hydrogen (secondary N) is 1. The highest BCUT2D eigenvalue weighted by molar-refractivity contribution is 7.89. The number of hydrogen-bond acceptors (Lipinski definition) is 4. The van der Waals surface area contributed by atoms with Gasteiger partial charge in [-0.1, -0.05) is 0 Å². The summed E-state index contributed by atoms with van der Waals surface area (Å²) in [6, 6.07) is 1.54. The molecule has 3 N–H and O–H groups in total. The van der Waals surface area contributed by atoms with Crippen LogP contribution in [0.25, 0.3) is 0 Å². The van der Waals surface area contributed by atoms with Crippen LogP contribution in [0.1, 0.15) is 19.3 Å². The fourth-order valence-electron chi connectivity index (χ4n) is 2.16. The summed E-state index contributed by atoms with van der Waals surface area (Å²) in [5, 5.41) is 0. The van der Waals surface area contributed by atoms with Gasteiger partial charge in [-0.15, -0.1) is 0 Å². The highest BCUT2D eigenvalue weighted by Gasteiger charge is 2.38. The van der Waals surface area contributed by atoms with Gasteiger partial charge in [0.05, 0.1) is 5.60 Å². The predicted molar refractivity (Wildman–Crippen MR) is 69.5 cm³/mol. The number of rotatable bonds is 5. The van der Waals surface area contributed by atoms with Crippen molar-refractivity contribution >= 4 is 15.7 Å². The van der Waals surface area contributed by atoms with Crippen molar-refractivity contribution in [2.24, 2.45) is 0 Å². The van der Waals surface area contributed by atoms with Gasteiger partial charge >= 0.3 is 0 Å². The Kier molecular flexibility index (Phi) is 3.99. The highest BCUT2D eigenvalue weighted by Crippen LogP contribution is 2.34. The standard InChI is InChI=1S/C12H16F2N2O3S/c1-19-12(3-2-4-12)7-16-20(17,18)11-9(13)5-8(15)6-10(11)14/h5-6,16H,2-4,7,15H2,1H3. The molecule has 8 heteroatoms. The minimum absolute atomic E-state index is 0.0188. The van der Waals surface area contributed by atoms with E-state index in [9.17, 15) is 17.2 Å². The summed E-state index contributed by atoms with van der Waals surface area (Å²) >= 11 is 0. The van der Waals surface area contributed by atoms with Crippen LogP contribution in [0.5, 0.6) is 0 Å². The number of methoxy groups -OCH3 is 1. The molecule has 112 valence electrons. The topological polar surface area (TPSA) is 81.4 Å². The van der Waals surface area contributed by atoms with Crippen LogP contribution in [0.15, 0.2) is 17.0 Å². The van der Waals surface area contributed by atoms with Crippen LogP contribution in [-0.2, 0) is 14.8 Å². The zero-order valence-electron chi connectivity index (χ0n) is 10.9. The van der Waals surface area contributed by atoms with Crippen LogP contribution in [-0.4, -0.2) is 27.7 Å². The van der Waals surface area contributed by atoms with E-state index in [4.69, 9.17) is 10.5 Å². The molecular formula is C12H16F2N2O3S. The lowest BCUT2D eigenvalue weighted by molar-refractivity contribution is -0.0659. The molecule has 5 nitrogen and oxygen atoms in total. The van der Waals surface area contributed by atoms with Crippen molar-refractivity contribution in [2.75, 3.05) is 19.4 Å². The van der Waals surface area contributed by atoms with Crippen molar-refractivity contribution in [3.63, 3.8) is 0 Å². The number of sulfonamides is 1. The third kappa shape index (κ3) is 2.77. The molecule has 1 aromatic rings. The Bertz CT molecular complexity index is 587. The third-order valence-electron chi connectivity index (χ3n) is 3.57. The summed E-state index contributed by atoms with van der Waals surface area (Å²) in [5.74, 6) is -2.43. The molecule has 1 aromatic carbocycles. The minimum Gasteiger partial charge on any atom is -0.399 e. The molecule has 1 aliphatic rings. The Morgan fingerprint density at radius 2 is 1.90 bits per heavy atom. The number of nitrogens with two attached hydrogens (primary N) is 1. The first-order chi connectivity index (χ1) is 9.30. The average molecular weight is 306 g/mol. The second-order valence-corrected chi connectivity index (χ2v) is 6.58. The van der Waals surface area contributed by atoms with E-state index in [1.807, 2.05) is 0 Å². The monoisotopic (exact) mass is 306 g/mol. The quantitative estimate of drug-likeness (QED) is 0.806. The molecule has 0 spiro atoms. The summed E-state index contributed by atoms with van der Waals surface area (Å²) in [6.07, 6.45) is 2.34. The van der Waals surface area contributed by atoms with E-state index in [0.717, 1.165) is 18.6 Å². The number of ether oxygens (including phenoxy) is 1. The molecule has 0 aromatic heterocycles. The summed E-state index contributed by atoms with van der Waals surface area (Å²) in [4.78, 5) is -1.02. The number of benzene rings is 1. The number of hydrogen-bond donors (Lipinski definition) is 2. The first-order valence-corrected chi connectivity index (χ1v) is 7.57. The van der Waals surface area contributed by atoms with Crippen LogP contribution < -0.4 is 10.5 Å². The Morgan fingerprint density at radius 3 is 2.30 bits per heavy atom. The van der Waals surface area contributed by atoms with E-state index in [0.29, 0.717) is 12.8 Å². The second kappa shape index (κ2) is 5.27. The summed E-state index contributed by atoms with van der Waals surface area (Å²) < 4.78 is 58.7. The van der Waals surface area contributed by atoms with E-state index in [1.165, 1.54) is 7.11 Å². The fraction of sp³-hybridized carbons (Fsp3) is 0.500. The lowest BCUT2D eigenvalue weighted by atomic mass is 9.80. The molecule has 0 aliphatic heterocycles. The van der Waals surface area contributed by atoms with Crippen LogP contribution in [0.4, 0.5) is 14.5 Å². The van der Waals surface area contributed by atoms with Crippen LogP contribution in [0, 0.1) is 11.6 Å². The fourth-order valence-corrected chi connectivity index (χ4v) is 3.39. The molecule has 0 heterocycles. The van der Waals surface area contributed by atoms with Gasteiger partial charge in [0, 0.05) is 19.3 Å². The molecular weight excluding hydrogens is 290 g/mol. The maximum Gasteiger partial charge on any atom is 0.246 e. The third-order valence-corrected chi connectivity index (χ3v) is 5.02. The summed E-state index contributed by atoms with van der Waals surface area (Å²) in [7, 11) is -2.81. The highest BCUT2D eigenvalue weighted by atomic mass is 32.2. The first-order valence-electron chi connectivity index (χ1n) is 6.09. The smallest absolute Gasteiger partial charge is 0.246 e. The molecule has 2 rings (SSSR count). The molecule has 0 radical (unpaired) electrons. The number of nitrogen functional groups attached to an aromatic ring is 1. The Labute approximate surface area is 116 Å². The van der Waals surface area contributed by atoms with E-state index in [1.54, 1.807) is 0 Å². The van der Waals surface area contributed by atoms with E-state index in [-0.39, 0.29) is 12.2 Å². The van der Waals surface area contributed by atoms with Gasteiger partial charge in [0.15, 0.2) is 4.90 Å². The molecule has 1 saturated carbocycles. The molecule has 0 bridgehead atoms. The molecule has 0 atom stereocenters. The lowest BCUT2D eigenvalue weighted by Gasteiger charge is -2.40. The van der Waals surface area contributed by atoms with E-state index in [2.05, 4.69) is 4.72 Å². The van der Waals surface area contributed by atoms with E-state index < -0.39 is 32.2 Å². The summed E-state index contributed by atoms with van der Waals surface area (Å²) in [5.41, 5.74) is 4.50. The Morgan fingerprint density at radius 1 is 1.35 bits per heavy atom. The SMILES string of the molecule is COC1(CNS(=O)(=O)c2c(F)cc(N)cc2F)CCC1. The van der Waals surface area contributed by atoms with Gasteiger partial charge in [-0.05, 0) is 31.4 Å². The second-order valence-electron chi connectivity index (χ2n) is 4.88. The van der Waals surface area contributed by atoms with Crippen molar-refractivity contribution in [1.29, 1.82) is 0 Å². The van der Waals surface area contributed by atoms with Gasteiger partial charge in [0.2, 0.25) is 10.0 Å². The van der Waals surface area contributed by atoms with Gasteiger partial charge in [0.1, 0.15) is 11.6 Å². The van der Waals surface area contributed by atoms with Gasteiger partial charge in [-0.25, -0.2) is 21.9 Å². The molecule has 1 aliphatic carbocycles. The minimum atomic E-state index is -4.29. The Balaban J connectivity index is 2.23. The van der Waals surface area contributed by atoms with Crippen molar-refractivity contribution in [3.05, 3.63) is 23.8 Å². The van der Waals surface area contributed by atoms with Crippen LogP contribution in [0.2, 0.25) is 0 Å². The van der Waals surface area contributed by atoms with Crippen LogP contribution in [0.3, 0.4) is 0 Å². The molecule has 1 fully saturated rings.